The fraction of sp³-hybridized carbons (Fsp3) is 0.538. The molecule has 0 amide bonds. The molecule has 0 unspecified atom stereocenters. The maximum Gasteiger partial charge on any atom is 0.0734 e. The molecule has 1 fully saturated rings. The molecule has 0 aliphatic heterocycles. The SMILES string of the molecule is CC(C)OCc1ccc(C2CC2)cc1Cl. The van der Waals surface area contributed by atoms with Crippen LogP contribution in [-0.2, 0) is 11.3 Å². The van der Waals surface area contributed by atoms with Gasteiger partial charge in [-0.25, -0.2) is 0 Å². The van der Waals surface area contributed by atoms with E-state index in [1.807, 2.05) is 13.8 Å². The summed E-state index contributed by atoms with van der Waals surface area (Å²) in [4.78, 5) is 0. The molecule has 0 aromatic heterocycles. The first-order chi connectivity index (χ1) is 7.16. The summed E-state index contributed by atoms with van der Waals surface area (Å²) in [6.45, 7) is 4.68. The van der Waals surface area contributed by atoms with Crippen LogP contribution in [0.1, 0.15) is 43.7 Å². The maximum absolute atomic E-state index is 6.20. The smallest absolute Gasteiger partial charge is 0.0734 e. The monoisotopic (exact) mass is 224 g/mol. The predicted molar refractivity (Wildman–Crippen MR) is 63.4 cm³/mol. The molecule has 1 aromatic carbocycles. The van der Waals surface area contributed by atoms with Crippen molar-refractivity contribution in [3.8, 4) is 0 Å². The van der Waals surface area contributed by atoms with Crippen LogP contribution in [0.25, 0.3) is 0 Å². The molecule has 2 rings (SSSR count). The molecule has 1 aliphatic rings. The van der Waals surface area contributed by atoms with Crippen LogP contribution in [0, 0.1) is 0 Å². The molecule has 0 spiro atoms. The number of rotatable bonds is 4. The van der Waals surface area contributed by atoms with Crippen LogP contribution in [0.2, 0.25) is 5.02 Å². The summed E-state index contributed by atoms with van der Waals surface area (Å²) in [6.07, 6.45) is 2.89. The first kappa shape index (κ1) is 11.0. The highest BCUT2D eigenvalue weighted by molar-refractivity contribution is 6.31. The standard InChI is InChI=1S/C13H17ClO/c1-9(2)15-8-12-6-5-11(7-13(12)14)10-3-4-10/h5-7,9-10H,3-4,8H2,1-2H3. The van der Waals surface area contributed by atoms with Crippen LogP contribution in [0.5, 0.6) is 0 Å². The average Bonchev–Trinajstić information content (AvgIpc) is 2.98. The molecule has 15 heavy (non-hydrogen) atoms. The van der Waals surface area contributed by atoms with Crippen LogP contribution in [0.15, 0.2) is 18.2 Å². The van der Waals surface area contributed by atoms with Crippen molar-refractivity contribution in [3.05, 3.63) is 34.3 Å². The zero-order chi connectivity index (χ0) is 10.8. The Hall–Kier alpha value is -0.530. The first-order valence-electron chi connectivity index (χ1n) is 5.56. The third kappa shape index (κ3) is 2.96. The Morgan fingerprint density at radius 1 is 1.40 bits per heavy atom. The average molecular weight is 225 g/mol. The molecule has 0 N–H and O–H groups in total. The summed E-state index contributed by atoms with van der Waals surface area (Å²) in [5, 5.41) is 0.847. The quantitative estimate of drug-likeness (QED) is 0.747. The number of hydrogen-bond donors (Lipinski definition) is 0. The first-order valence-corrected chi connectivity index (χ1v) is 5.94. The normalized spacial score (nSPS) is 16.0. The fourth-order valence-corrected chi connectivity index (χ4v) is 1.85. The topological polar surface area (TPSA) is 9.23 Å². The Morgan fingerprint density at radius 3 is 2.67 bits per heavy atom. The zero-order valence-corrected chi connectivity index (χ0v) is 10.1. The van der Waals surface area contributed by atoms with Gasteiger partial charge in [0.15, 0.2) is 0 Å². The summed E-state index contributed by atoms with van der Waals surface area (Å²) >= 11 is 6.20. The lowest BCUT2D eigenvalue weighted by molar-refractivity contribution is 0.0657. The van der Waals surface area contributed by atoms with Gasteiger partial charge >= 0.3 is 0 Å². The van der Waals surface area contributed by atoms with Crippen molar-refractivity contribution in [2.24, 2.45) is 0 Å². The molecule has 0 bridgehead atoms. The number of halogens is 1. The summed E-state index contributed by atoms with van der Waals surface area (Å²) < 4.78 is 5.54. The highest BCUT2D eigenvalue weighted by Gasteiger charge is 2.23. The van der Waals surface area contributed by atoms with Gasteiger partial charge in [0.2, 0.25) is 0 Å². The van der Waals surface area contributed by atoms with Gasteiger partial charge in [0.05, 0.1) is 12.7 Å². The van der Waals surface area contributed by atoms with Gasteiger partial charge in [0.25, 0.3) is 0 Å². The van der Waals surface area contributed by atoms with Crippen LogP contribution >= 0.6 is 11.6 Å². The minimum absolute atomic E-state index is 0.254. The van der Waals surface area contributed by atoms with E-state index in [4.69, 9.17) is 16.3 Å². The molecule has 1 aliphatic carbocycles. The van der Waals surface area contributed by atoms with E-state index in [0.29, 0.717) is 6.61 Å². The van der Waals surface area contributed by atoms with Crippen molar-refractivity contribution in [1.82, 2.24) is 0 Å². The predicted octanol–water partition coefficient (Wildman–Crippen LogP) is 4.14. The van der Waals surface area contributed by atoms with E-state index >= 15 is 0 Å². The fourth-order valence-electron chi connectivity index (χ4n) is 1.61. The van der Waals surface area contributed by atoms with E-state index in [9.17, 15) is 0 Å². The van der Waals surface area contributed by atoms with Gasteiger partial charge in [-0.05, 0) is 49.8 Å². The van der Waals surface area contributed by atoms with E-state index in [2.05, 4.69) is 18.2 Å². The molecular weight excluding hydrogens is 208 g/mol. The number of benzene rings is 1. The second-order valence-electron chi connectivity index (χ2n) is 4.48. The van der Waals surface area contributed by atoms with Crippen LogP contribution < -0.4 is 0 Å². The molecule has 1 nitrogen and oxygen atoms in total. The largest absolute Gasteiger partial charge is 0.374 e. The Balaban J connectivity index is 2.05. The van der Waals surface area contributed by atoms with Crippen molar-refractivity contribution in [2.75, 3.05) is 0 Å². The summed E-state index contributed by atoms with van der Waals surface area (Å²) in [5.74, 6) is 0.766. The van der Waals surface area contributed by atoms with Gasteiger partial charge in [0, 0.05) is 5.02 Å². The van der Waals surface area contributed by atoms with Gasteiger partial charge in [0.1, 0.15) is 0 Å². The Morgan fingerprint density at radius 2 is 2.13 bits per heavy atom. The Kier molecular flexibility index (Phi) is 3.32. The van der Waals surface area contributed by atoms with Crippen molar-refractivity contribution in [3.63, 3.8) is 0 Å². The molecule has 0 radical (unpaired) electrons. The molecule has 1 saturated carbocycles. The van der Waals surface area contributed by atoms with E-state index in [1.54, 1.807) is 0 Å². The zero-order valence-electron chi connectivity index (χ0n) is 9.29. The van der Waals surface area contributed by atoms with Gasteiger partial charge in [-0.15, -0.1) is 0 Å². The second kappa shape index (κ2) is 4.54. The summed E-state index contributed by atoms with van der Waals surface area (Å²) in [7, 11) is 0. The summed E-state index contributed by atoms with van der Waals surface area (Å²) in [6, 6.07) is 6.37. The van der Waals surface area contributed by atoms with E-state index in [1.165, 1.54) is 18.4 Å². The molecule has 2 heteroatoms. The number of ether oxygens (including phenoxy) is 1. The molecule has 1 aromatic rings. The van der Waals surface area contributed by atoms with Crippen molar-refractivity contribution < 1.29 is 4.74 Å². The van der Waals surface area contributed by atoms with E-state index < -0.39 is 0 Å². The Labute approximate surface area is 96.4 Å². The molecule has 82 valence electrons. The third-order valence-electron chi connectivity index (χ3n) is 2.70. The van der Waals surface area contributed by atoms with Gasteiger partial charge in [-0.1, -0.05) is 23.7 Å². The van der Waals surface area contributed by atoms with Crippen LogP contribution in [0.3, 0.4) is 0 Å². The minimum Gasteiger partial charge on any atom is -0.374 e. The molecule has 0 saturated heterocycles. The van der Waals surface area contributed by atoms with Gasteiger partial charge < -0.3 is 4.74 Å². The lowest BCUT2D eigenvalue weighted by Gasteiger charge is -2.10. The van der Waals surface area contributed by atoms with Gasteiger partial charge in [-0.2, -0.15) is 0 Å². The van der Waals surface area contributed by atoms with Crippen molar-refractivity contribution in [2.45, 2.75) is 45.3 Å². The van der Waals surface area contributed by atoms with Gasteiger partial charge in [-0.3, -0.25) is 0 Å². The Bertz CT molecular complexity index is 342. The number of hydrogen-bond acceptors (Lipinski definition) is 1. The molecular formula is C13H17ClO. The van der Waals surface area contributed by atoms with Crippen LogP contribution in [-0.4, -0.2) is 6.10 Å². The summed E-state index contributed by atoms with van der Waals surface area (Å²) in [5.41, 5.74) is 2.48. The molecule has 0 heterocycles. The van der Waals surface area contributed by atoms with Crippen LogP contribution in [0.4, 0.5) is 0 Å². The third-order valence-corrected chi connectivity index (χ3v) is 3.05. The highest BCUT2D eigenvalue weighted by Crippen LogP contribution is 2.41. The second-order valence-corrected chi connectivity index (χ2v) is 4.89. The maximum atomic E-state index is 6.20. The lowest BCUT2D eigenvalue weighted by Crippen LogP contribution is -2.02. The highest BCUT2D eigenvalue weighted by atomic mass is 35.5. The van der Waals surface area contributed by atoms with E-state index in [-0.39, 0.29) is 6.10 Å². The van der Waals surface area contributed by atoms with E-state index in [0.717, 1.165) is 16.5 Å². The van der Waals surface area contributed by atoms with Crippen molar-refractivity contribution >= 4 is 11.6 Å². The van der Waals surface area contributed by atoms with Crippen molar-refractivity contribution in [1.29, 1.82) is 0 Å². The lowest BCUT2D eigenvalue weighted by atomic mass is 10.1. The molecule has 0 atom stereocenters. The minimum atomic E-state index is 0.254.